The Bertz CT molecular complexity index is 1500. The van der Waals surface area contributed by atoms with Crippen molar-refractivity contribution in [2.75, 3.05) is 17.6 Å². The third kappa shape index (κ3) is 7.51. The third-order valence-electron chi connectivity index (χ3n) is 6.28. The van der Waals surface area contributed by atoms with E-state index in [1.54, 1.807) is 23.1 Å². The molecule has 202 valence electrons. The van der Waals surface area contributed by atoms with Gasteiger partial charge in [0.15, 0.2) is 0 Å². The molecule has 0 spiro atoms. The first kappa shape index (κ1) is 27.5. The number of ether oxygens (including phenoxy) is 1. The topological polar surface area (TPSA) is 100 Å². The maximum absolute atomic E-state index is 13.2. The van der Waals surface area contributed by atoms with Crippen LogP contribution in [0, 0.1) is 6.92 Å². The minimum Gasteiger partial charge on any atom is -0.444 e. The number of nitrogens with two attached hydrogens (primary N) is 1. The van der Waals surface area contributed by atoms with Crippen LogP contribution in [0.5, 0.6) is 0 Å². The van der Waals surface area contributed by atoms with Gasteiger partial charge in [0, 0.05) is 35.8 Å². The van der Waals surface area contributed by atoms with Gasteiger partial charge in [-0.3, -0.25) is 4.79 Å². The molecule has 4 aromatic rings. The van der Waals surface area contributed by atoms with Crippen LogP contribution in [0.15, 0.2) is 78.9 Å². The zero-order valence-electron chi connectivity index (χ0n) is 23.0. The van der Waals surface area contributed by atoms with E-state index in [9.17, 15) is 9.59 Å². The minimum atomic E-state index is -0.605. The van der Waals surface area contributed by atoms with Gasteiger partial charge in [-0.1, -0.05) is 48.5 Å². The van der Waals surface area contributed by atoms with Crippen molar-refractivity contribution in [3.8, 4) is 0 Å². The second-order valence-electron chi connectivity index (χ2n) is 10.6. The highest BCUT2D eigenvalue weighted by Gasteiger charge is 2.23. The van der Waals surface area contributed by atoms with Gasteiger partial charge in [-0.25, -0.2) is 4.79 Å². The number of para-hydroxylation sites is 3. The Hall–Kier alpha value is -4.52. The molecule has 4 N–H and O–H groups in total. The van der Waals surface area contributed by atoms with E-state index in [1.165, 1.54) is 17.0 Å². The molecular weight excluding hydrogens is 488 g/mol. The average molecular weight is 525 g/mol. The number of nitrogen functional groups attached to an aromatic ring is 1. The number of aromatic amines is 1. The normalized spacial score (nSPS) is 11.6. The van der Waals surface area contributed by atoms with Crippen molar-refractivity contribution in [3.05, 3.63) is 101 Å². The summed E-state index contributed by atoms with van der Waals surface area (Å²) >= 11 is 0. The SMILES string of the molecule is Cc1[nH]c2ccccc2c1CCN(Cc1cccc(C=CC(=O)Nc2ccccc2N)c1)C(=O)OC(C)(C)C. The van der Waals surface area contributed by atoms with Gasteiger partial charge >= 0.3 is 6.09 Å². The predicted molar refractivity (Wildman–Crippen MR) is 158 cm³/mol. The Morgan fingerprint density at radius 1 is 1.03 bits per heavy atom. The molecule has 0 atom stereocenters. The predicted octanol–water partition coefficient (Wildman–Crippen LogP) is 6.69. The molecule has 1 aromatic heterocycles. The van der Waals surface area contributed by atoms with Gasteiger partial charge in [-0.2, -0.15) is 0 Å². The van der Waals surface area contributed by atoms with Crippen LogP contribution in [0.4, 0.5) is 16.2 Å². The first-order valence-corrected chi connectivity index (χ1v) is 13.1. The number of aromatic nitrogens is 1. The van der Waals surface area contributed by atoms with Crippen molar-refractivity contribution < 1.29 is 14.3 Å². The zero-order chi connectivity index (χ0) is 28.0. The van der Waals surface area contributed by atoms with E-state index in [-0.39, 0.29) is 12.0 Å². The van der Waals surface area contributed by atoms with E-state index in [1.807, 2.05) is 69.3 Å². The van der Waals surface area contributed by atoms with E-state index < -0.39 is 5.60 Å². The fraction of sp³-hybridized carbons (Fsp3) is 0.250. The van der Waals surface area contributed by atoms with Crippen LogP contribution in [0.3, 0.4) is 0 Å². The van der Waals surface area contributed by atoms with Crippen molar-refractivity contribution in [1.82, 2.24) is 9.88 Å². The summed E-state index contributed by atoms with van der Waals surface area (Å²) in [5.74, 6) is -0.275. The number of rotatable bonds is 8. The van der Waals surface area contributed by atoms with Crippen molar-refractivity contribution >= 4 is 40.4 Å². The Morgan fingerprint density at radius 2 is 1.77 bits per heavy atom. The lowest BCUT2D eigenvalue weighted by Crippen LogP contribution is -2.37. The number of fused-ring (bicyclic) bond motifs is 1. The van der Waals surface area contributed by atoms with E-state index in [2.05, 4.69) is 29.4 Å². The fourth-order valence-corrected chi connectivity index (χ4v) is 4.44. The molecule has 39 heavy (non-hydrogen) atoms. The van der Waals surface area contributed by atoms with E-state index in [0.717, 1.165) is 22.3 Å². The average Bonchev–Trinajstić information content (AvgIpc) is 3.20. The van der Waals surface area contributed by atoms with Gasteiger partial charge in [-0.05, 0) is 81.1 Å². The summed E-state index contributed by atoms with van der Waals surface area (Å²) in [5.41, 5.74) is 11.6. The lowest BCUT2D eigenvalue weighted by atomic mass is 10.1. The molecule has 1 heterocycles. The molecular formula is C32H36N4O3. The van der Waals surface area contributed by atoms with E-state index >= 15 is 0 Å². The van der Waals surface area contributed by atoms with Gasteiger partial charge in [0.25, 0.3) is 0 Å². The molecule has 4 rings (SSSR count). The number of hydrogen-bond acceptors (Lipinski definition) is 4. The molecule has 0 radical (unpaired) electrons. The zero-order valence-corrected chi connectivity index (χ0v) is 23.0. The largest absolute Gasteiger partial charge is 0.444 e. The highest BCUT2D eigenvalue weighted by molar-refractivity contribution is 6.03. The summed E-state index contributed by atoms with van der Waals surface area (Å²) in [4.78, 5) is 30.8. The molecule has 7 heteroatoms. The highest BCUT2D eigenvalue weighted by Crippen LogP contribution is 2.23. The molecule has 0 bridgehead atoms. The Labute approximate surface area is 229 Å². The Kier molecular flexibility index (Phi) is 8.39. The molecule has 0 saturated carbocycles. The summed E-state index contributed by atoms with van der Waals surface area (Å²) in [5, 5.41) is 3.96. The Morgan fingerprint density at radius 3 is 2.54 bits per heavy atom. The minimum absolute atomic E-state index is 0.275. The second-order valence-corrected chi connectivity index (χ2v) is 10.6. The molecule has 0 unspecified atom stereocenters. The van der Waals surface area contributed by atoms with Gasteiger partial charge < -0.3 is 25.7 Å². The van der Waals surface area contributed by atoms with E-state index in [4.69, 9.17) is 10.5 Å². The van der Waals surface area contributed by atoms with Crippen LogP contribution in [0.25, 0.3) is 17.0 Å². The maximum atomic E-state index is 13.2. The van der Waals surface area contributed by atoms with Gasteiger partial charge in [0.2, 0.25) is 5.91 Å². The maximum Gasteiger partial charge on any atom is 0.410 e. The fourth-order valence-electron chi connectivity index (χ4n) is 4.44. The molecule has 7 nitrogen and oxygen atoms in total. The molecule has 0 aliphatic heterocycles. The quantitative estimate of drug-likeness (QED) is 0.177. The molecule has 0 saturated heterocycles. The van der Waals surface area contributed by atoms with Crippen LogP contribution in [-0.4, -0.2) is 34.0 Å². The Balaban J connectivity index is 1.48. The summed E-state index contributed by atoms with van der Waals surface area (Å²) in [6.45, 7) is 8.54. The number of hydrogen-bond donors (Lipinski definition) is 3. The van der Waals surface area contributed by atoms with Crippen molar-refractivity contribution in [1.29, 1.82) is 0 Å². The number of nitrogens with zero attached hydrogens (tertiary/aromatic N) is 1. The monoisotopic (exact) mass is 524 g/mol. The highest BCUT2D eigenvalue weighted by atomic mass is 16.6. The third-order valence-corrected chi connectivity index (χ3v) is 6.28. The number of benzene rings is 3. The number of anilines is 2. The van der Waals surface area contributed by atoms with Crippen molar-refractivity contribution in [3.63, 3.8) is 0 Å². The molecule has 3 aromatic carbocycles. The van der Waals surface area contributed by atoms with Crippen LogP contribution < -0.4 is 11.1 Å². The van der Waals surface area contributed by atoms with Crippen molar-refractivity contribution in [2.24, 2.45) is 0 Å². The number of carbonyl (C=O) groups excluding carboxylic acids is 2. The standard InChI is InChI=1S/C32H36N4O3/c1-22-25(26-12-5-7-14-28(26)34-22)18-19-36(31(38)39-32(2,3)4)21-24-11-9-10-23(20-24)16-17-30(37)35-29-15-8-6-13-27(29)33/h5-17,20,34H,18-19,21,33H2,1-4H3,(H,35,37). The smallest absolute Gasteiger partial charge is 0.410 e. The summed E-state index contributed by atoms with van der Waals surface area (Å²) in [7, 11) is 0. The molecule has 0 aliphatic carbocycles. The van der Waals surface area contributed by atoms with Gasteiger partial charge in [0.1, 0.15) is 5.60 Å². The van der Waals surface area contributed by atoms with E-state index in [0.29, 0.717) is 30.9 Å². The lowest BCUT2D eigenvalue weighted by Gasteiger charge is -2.27. The lowest BCUT2D eigenvalue weighted by molar-refractivity contribution is -0.111. The number of H-pyrrole nitrogens is 1. The second kappa shape index (κ2) is 11.9. The summed E-state index contributed by atoms with van der Waals surface area (Å²) < 4.78 is 5.74. The number of nitrogens with one attached hydrogen (secondary N) is 2. The van der Waals surface area contributed by atoms with Crippen molar-refractivity contribution in [2.45, 2.75) is 46.3 Å². The van der Waals surface area contributed by atoms with Crippen LogP contribution in [0.1, 0.15) is 43.2 Å². The van der Waals surface area contributed by atoms with Gasteiger partial charge in [0.05, 0.1) is 11.4 Å². The van der Waals surface area contributed by atoms with Crippen LogP contribution in [0.2, 0.25) is 0 Å². The first-order chi connectivity index (χ1) is 18.6. The molecule has 0 aliphatic rings. The first-order valence-electron chi connectivity index (χ1n) is 13.1. The molecule has 0 fully saturated rings. The van der Waals surface area contributed by atoms with Crippen LogP contribution >= 0.6 is 0 Å². The van der Waals surface area contributed by atoms with Gasteiger partial charge in [-0.15, -0.1) is 0 Å². The summed E-state index contributed by atoms with van der Waals surface area (Å²) in [6.07, 6.45) is 3.54. The van der Waals surface area contributed by atoms with Crippen LogP contribution in [-0.2, 0) is 22.5 Å². The summed E-state index contributed by atoms with van der Waals surface area (Å²) in [6, 6.07) is 23.1. The number of aryl methyl sites for hydroxylation is 1. The number of carbonyl (C=O) groups is 2. The molecule has 2 amide bonds. The number of amides is 2.